The summed E-state index contributed by atoms with van der Waals surface area (Å²) < 4.78 is 0. The minimum absolute atomic E-state index is 0.327. The lowest BCUT2D eigenvalue weighted by Crippen LogP contribution is -2.48. The number of anilines is 2. The van der Waals surface area contributed by atoms with Crippen LogP contribution in [0.3, 0.4) is 0 Å². The Bertz CT molecular complexity index is 507. The molecule has 1 aromatic carbocycles. The summed E-state index contributed by atoms with van der Waals surface area (Å²) in [5.74, 6) is 0. The summed E-state index contributed by atoms with van der Waals surface area (Å²) >= 11 is 0. The fraction of sp³-hybridized carbons (Fsp3) is 0.562. The summed E-state index contributed by atoms with van der Waals surface area (Å²) in [7, 11) is 0. The fourth-order valence-corrected chi connectivity index (χ4v) is 3.10. The van der Waals surface area contributed by atoms with Crippen LogP contribution in [0.25, 0.3) is 0 Å². The number of piperazine rings is 1. The Morgan fingerprint density at radius 3 is 2.55 bits per heavy atom. The largest absolute Gasteiger partial charge is 0.399 e. The van der Waals surface area contributed by atoms with Gasteiger partial charge < -0.3 is 10.6 Å². The van der Waals surface area contributed by atoms with Crippen molar-refractivity contribution in [3.63, 3.8) is 0 Å². The third kappa shape index (κ3) is 2.88. The molecular formula is C16H22N4. The Labute approximate surface area is 120 Å². The smallest absolute Gasteiger partial charge is 0.0628 e. The van der Waals surface area contributed by atoms with Crippen LogP contribution in [0.4, 0.5) is 11.4 Å². The molecule has 1 aromatic rings. The first-order valence-electron chi connectivity index (χ1n) is 7.41. The van der Waals surface area contributed by atoms with Crippen LogP contribution < -0.4 is 10.6 Å². The molecule has 2 fully saturated rings. The molecule has 1 heterocycles. The van der Waals surface area contributed by atoms with Crippen LogP contribution in [0.5, 0.6) is 0 Å². The zero-order valence-electron chi connectivity index (χ0n) is 11.9. The molecular weight excluding hydrogens is 248 g/mol. The average molecular weight is 270 g/mol. The molecule has 1 aliphatic heterocycles. The molecule has 106 valence electrons. The Kier molecular flexibility index (Phi) is 3.54. The average Bonchev–Trinajstić information content (AvgIpc) is 3.19. The quantitative estimate of drug-likeness (QED) is 0.851. The minimum Gasteiger partial charge on any atom is -0.399 e. The highest BCUT2D eigenvalue weighted by Crippen LogP contribution is 2.49. The lowest BCUT2D eigenvalue weighted by Gasteiger charge is -2.37. The normalized spacial score (nSPS) is 21.4. The Morgan fingerprint density at radius 1 is 1.20 bits per heavy atom. The number of nitrogens with two attached hydrogens (primary N) is 1. The number of nitrogen functional groups attached to an aromatic ring is 1. The molecule has 0 atom stereocenters. The van der Waals surface area contributed by atoms with Crippen molar-refractivity contribution >= 4 is 11.4 Å². The van der Waals surface area contributed by atoms with Gasteiger partial charge in [0.2, 0.25) is 0 Å². The second kappa shape index (κ2) is 5.34. The molecule has 0 unspecified atom stereocenters. The lowest BCUT2D eigenvalue weighted by atomic mass is 10.0. The highest BCUT2D eigenvalue weighted by atomic mass is 15.3. The van der Waals surface area contributed by atoms with Gasteiger partial charge in [0.25, 0.3) is 0 Å². The first-order chi connectivity index (χ1) is 9.71. The molecule has 2 aliphatic rings. The van der Waals surface area contributed by atoms with Crippen LogP contribution in [0.2, 0.25) is 0 Å². The highest BCUT2D eigenvalue weighted by Gasteiger charge is 2.43. The Balaban J connectivity index is 1.54. The second-order valence-electron chi connectivity index (χ2n) is 6.19. The van der Waals surface area contributed by atoms with Gasteiger partial charge in [-0.1, -0.05) is 6.07 Å². The standard InChI is InChI=1S/C16H22N4/c17-7-6-16(4-5-16)13-19-8-10-20(11-9-19)15-3-1-2-14(18)12-15/h1-3,12H,4-6,8-11,13,18H2. The van der Waals surface area contributed by atoms with Gasteiger partial charge in [0.05, 0.1) is 6.07 Å². The zero-order chi connectivity index (χ0) is 14.0. The van der Waals surface area contributed by atoms with E-state index < -0.39 is 0 Å². The van der Waals surface area contributed by atoms with Gasteiger partial charge in [0, 0.05) is 50.5 Å². The van der Waals surface area contributed by atoms with E-state index in [0.717, 1.165) is 44.8 Å². The summed E-state index contributed by atoms with van der Waals surface area (Å²) in [6.07, 6.45) is 3.19. The van der Waals surface area contributed by atoms with Crippen LogP contribution in [-0.2, 0) is 0 Å². The van der Waals surface area contributed by atoms with Crippen LogP contribution in [-0.4, -0.2) is 37.6 Å². The van der Waals surface area contributed by atoms with Gasteiger partial charge in [-0.25, -0.2) is 0 Å². The van der Waals surface area contributed by atoms with E-state index in [0.29, 0.717) is 5.41 Å². The molecule has 2 N–H and O–H groups in total. The van der Waals surface area contributed by atoms with Crippen molar-refractivity contribution in [2.45, 2.75) is 19.3 Å². The first kappa shape index (κ1) is 13.3. The van der Waals surface area contributed by atoms with Gasteiger partial charge >= 0.3 is 0 Å². The molecule has 0 radical (unpaired) electrons. The van der Waals surface area contributed by atoms with Crippen molar-refractivity contribution in [1.82, 2.24) is 4.90 Å². The van der Waals surface area contributed by atoms with Gasteiger partial charge in [-0.05, 0) is 36.5 Å². The molecule has 1 saturated carbocycles. The van der Waals surface area contributed by atoms with Crippen molar-refractivity contribution in [1.29, 1.82) is 5.26 Å². The van der Waals surface area contributed by atoms with Gasteiger partial charge in [-0.2, -0.15) is 5.26 Å². The number of benzene rings is 1. The SMILES string of the molecule is N#CCC1(CN2CCN(c3cccc(N)c3)CC2)CC1. The third-order valence-electron chi connectivity index (χ3n) is 4.58. The number of hydrogen-bond donors (Lipinski definition) is 1. The van der Waals surface area contributed by atoms with Gasteiger partial charge in [0.15, 0.2) is 0 Å². The fourth-order valence-electron chi connectivity index (χ4n) is 3.10. The lowest BCUT2D eigenvalue weighted by molar-refractivity contribution is 0.209. The Hall–Kier alpha value is -1.73. The van der Waals surface area contributed by atoms with Gasteiger partial charge in [-0.3, -0.25) is 4.90 Å². The zero-order valence-corrected chi connectivity index (χ0v) is 11.9. The van der Waals surface area contributed by atoms with Crippen molar-refractivity contribution in [3.8, 4) is 6.07 Å². The number of nitriles is 1. The molecule has 20 heavy (non-hydrogen) atoms. The number of rotatable bonds is 4. The summed E-state index contributed by atoms with van der Waals surface area (Å²) in [4.78, 5) is 4.92. The molecule has 0 bridgehead atoms. The van der Waals surface area contributed by atoms with E-state index in [9.17, 15) is 0 Å². The van der Waals surface area contributed by atoms with E-state index in [1.165, 1.54) is 18.5 Å². The number of nitrogens with zero attached hydrogens (tertiary/aromatic N) is 3. The molecule has 1 saturated heterocycles. The molecule has 0 spiro atoms. The maximum absolute atomic E-state index is 8.90. The molecule has 4 heteroatoms. The van der Waals surface area contributed by atoms with E-state index in [4.69, 9.17) is 11.0 Å². The van der Waals surface area contributed by atoms with Gasteiger partial charge in [0.1, 0.15) is 0 Å². The second-order valence-corrected chi connectivity index (χ2v) is 6.19. The van der Waals surface area contributed by atoms with Crippen molar-refractivity contribution in [3.05, 3.63) is 24.3 Å². The predicted molar refractivity (Wildman–Crippen MR) is 81.4 cm³/mol. The maximum atomic E-state index is 8.90. The summed E-state index contributed by atoms with van der Waals surface area (Å²) in [5.41, 5.74) is 8.23. The first-order valence-corrected chi connectivity index (χ1v) is 7.41. The molecule has 3 rings (SSSR count). The van der Waals surface area contributed by atoms with Crippen LogP contribution in [0.1, 0.15) is 19.3 Å². The topological polar surface area (TPSA) is 56.3 Å². The van der Waals surface area contributed by atoms with E-state index >= 15 is 0 Å². The summed E-state index contributed by atoms with van der Waals surface area (Å²) in [5, 5.41) is 8.90. The number of hydrogen-bond acceptors (Lipinski definition) is 4. The van der Waals surface area contributed by atoms with E-state index in [1.54, 1.807) is 0 Å². The molecule has 1 aliphatic carbocycles. The maximum Gasteiger partial charge on any atom is 0.0628 e. The van der Waals surface area contributed by atoms with Gasteiger partial charge in [-0.15, -0.1) is 0 Å². The predicted octanol–water partition coefficient (Wildman–Crippen LogP) is 2.08. The minimum atomic E-state index is 0.327. The molecule has 0 amide bonds. The van der Waals surface area contributed by atoms with E-state index in [2.05, 4.69) is 21.9 Å². The van der Waals surface area contributed by atoms with Crippen LogP contribution in [0.15, 0.2) is 24.3 Å². The van der Waals surface area contributed by atoms with Crippen LogP contribution in [0, 0.1) is 16.7 Å². The Morgan fingerprint density at radius 2 is 1.95 bits per heavy atom. The van der Waals surface area contributed by atoms with E-state index in [-0.39, 0.29) is 0 Å². The van der Waals surface area contributed by atoms with Crippen molar-refractivity contribution in [2.24, 2.45) is 5.41 Å². The van der Waals surface area contributed by atoms with Crippen LogP contribution >= 0.6 is 0 Å². The van der Waals surface area contributed by atoms with E-state index in [1.807, 2.05) is 18.2 Å². The summed E-state index contributed by atoms with van der Waals surface area (Å²) in [6, 6.07) is 10.5. The van der Waals surface area contributed by atoms with Crippen molar-refractivity contribution in [2.75, 3.05) is 43.4 Å². The third-order valence-corrected chi connectivity index (χ3v) is 4.58. The highest BCUT2D eigenvalue weighted by molar-refractivity contribution is 5.56. The molecule has 4 nitrogen and oxygen atoms in total. The monoisotopic (exact) mass is 270 g/mol. The van der Waals surface area contributed by atoms with Crippen molar-refractivity contribution < 1.29 is 0 Å². The molecule has 0 aromatic heterocycles. The summed E-state index contributed by atoms with van der Waals surface area (Å²) in [6.45, 7) is 5.37.